The summed E-state index contributed by atoms with van der Waals surface area (Å²) in [6, 6.07) is 0. The smallest absolute Gasteiger partial charge is 0.306 e. The average Bonchev–Trinajstić information content (AvgIpc) is 2.33. The van der Waals surface area contributed by atoms with Crippen LogP contribution in [0.2, 0.25) is 0 Å². The Hall–Kier alpha value is -1.10. The van der Waals surface area contributed by atoms with E-state index in [-0.39, 0.29) is 24.7 Å². The maximum Gasteiger partial charge on any atom is 0.306 e. The standard InChI is InChI=1S/C12H22N2O3/c1-14-7-3-4-10(9-14)8-13-11(15)5-6-12(16)17-2/h10H,3-9H2,1-2H3,(H,13,15). The molecule has 0 spiro atoms. The van der Waals surface area contributed by atoms with Gasteiger partial charge < -0.3 is 15.0 Å². The maximum absolute atomic E-state index is 11.5. The van der Waals surface area contributed by atoms with Gasteiger partial charge >= 0.3 is 5.97 Å². The zero-order valence-corrected chi connectivity index (χ0v) is 10.7. The van der Waals surface area contributed by atoms with E-state index in [4.69, 9.17) is 0 Å². The molecule has 0 saturated carbocycles. The molecule has 5 heteroatoms. The number of nitrogens with one attached hydrogen (secondary N) is 1. The number of esters is 1. The van der Waals surface area contributed by atoms with Crippen LogP contribution in [0.15, 0.2) is 0 Å². The Kier molecular flexibility index (Phi) is 5.97. The molecule has 1 aliphatic rings. The van der Waals surface area contributed by atoms with Crippen LogP contribution in [0.5, 0.6) is 0 Å². The Bertz CT molecular complexity index is 268. The molecule has 0 radical (unpaired) electrons. The van der Waals surface area contributed by atoms with Crippen LogP contribution in [0.25, 0.3) is 0 Å². The normalized spacial score (nSPS) is 20.9. The topological polar surface area (TPSA) is 58.6 Å². The minimum Gasteiger partial charge on any atom is -0.469 e. The van der Waals surface area contributed by atoms with E-state index >= 15 is 0 Å². The lowest BCUT2D eigenvalue weighted by molar-refractivity contribution is -0.142. The number of likely N-dealkylation sites (tertiary alicyclic amines) is 1. The summed E-state index contributed by atoms with van der Waals surface area (Å²) in [5.74, 6) is 0.136. The van der Waals surface area contributed by atoms with Gasteiger partial charge in [0.25, 0.3) is 0 Å². The Balaban J connectivity index is 2.12. The molecule has 1 aliphatic heterocycles. The van der Waals surface area contributed by atoms with Gasteiger partial charge in [-0.2, -0.15) is 0 Å². The fourth-order valence-electron chi connectivity index (χ4n) is 2.10. The molecule has 1 rings (SSSR count). The number of amides is 1. The number of rotatable bonds is 5. The average molecular weight is 242 g/mol. The summed E-state index contributed by atoms with van der Waals surface area (Å²) in [7, 11) is 3.43. The van der Waals surface area contributed by atoms with Gasteiger partial charge in [0.15, 0.2) is 0 Å². The highest BCUT2D eigenvalue weighted by molar-refractivity contribution is 5.81. The number of nitrogens with zero attached hydrogens (tertiary/aromatic N) is 1. The number of carbonyl (C=O) groups excluding carboxylic acids is 2. The predicted molar refractivity (Wildman–Crippen MR) is 64.5 cm³/mol. The Morgan fingerprint density at radius 1 is 1.41 bits per heavy atom. The van der Waals surface area contributed by atoms with Crippen molar-refractivity contribution in [2.24, 2.45) is 5.92 Å². The van der Waals surface area contributed by atoms with E-state index in [0.29, 0.717) is 12.5 Å². The Morgan fingerprint density at radius 3 is 2.82 bits per heavy atom. The summed E-state index contributed by atoms with van der Waals surface area (Å²) in [6.45, 7) is 2.90. The van der Waals surface area contributed by atoms with Crippen LogP contribution in [0.4, 0.5) is 0 Å². The number of ether oxygens (including phenoxy) is 1. The van der Waals surface area contributed by atoms with Crippen molar-refractivity contribution in [3.63, 3.8) is 0 Å². The van der Waals surface area contributed by atoms with Gasteiger partial charge in [-0.15, -0.1) is 0 Å². The minimum atomic E-state index is -0.336. The van der Waals surface area contributed by atoms with Crippen LogP contribution < -0.4 is 5.32 Å². The molecule has 1 fully saturated rings. The van der Waals surface area contributed by atoms with Gasteiger partial charge in [-0.3, -0.25) is 9.59 Å². The van der Waals surface area contributed by atoms with Crippen LogP contribution >= 0.6 is 0 Å². The van der Waals surface area contributed by atoms with Gasteiger partial charge in [0.1, 0.15) is 0 Å². The molecular weight excluding hydrogens is 220 g/mol. The third-order valence-corrected chi connectivity index (χ3v) is 3.09. The summed E-state index contributed by atoms with van der Waals surface area (Å²) in [5.41, 5.74) is 0. The van der Waals surface area contributed by atoms with E-state index in [1.54, 1.807) is 0 Å². The van der Waals surface area contributed by atoms with Crippen molar-refractivity contribution in [3.8, 4) is 0 Å². The van der Waals surface area contributed by atoms with Crippen LogP contribution in [-0.2, 0) is 14.3 Å². The summed E-state index contributed by atoms with van der Waals surface area (Å²) in [5, 5.41) is 2.88. The van der Waals surface area contributed by atoms with Gasteiger partial charge in [-0.05, 0) is 32.4 Å². The van der Waals surface area contributed by atoms with E-state index in [0.717, 1.165) is 13.1 Å². The van der Waals surface area contributed by atoms with Crippen molar-refractivity contribution >= 4 is 11.9 Å². The zero-order valence-electron chi connectivity index (χ0n) is 10.7. The highest BCUT2D eigenvalue weighted by Crippen LogP contribution is 2.13. The minimum absolute atomic E-state index is 0.0661. The zero-order chi connectivity index (χ0) is 12.7. The second-order valence-electron chi connectivity index (χ2n) is 4.65. The van der Waals surface area contributed by atoms with Crippen molar-refractivity contribution < 1.29 is 14.3 Å². The maximum atomic E-state index is 11.5. The molecule has 1 unspecified atom stereocenters. The number of piperidine rings is 1. The van der Waals surface area contributed by atoms with E-state index in [1.807, 2.05) is 0 Å². The first kappa shape index (κ1) is 14.0. The van der Waals surface area contributed by atoms with Crippen molar-refractivity contribution in [1.29, 1.82) is 0 Å². The lowest BCUT2D eigenvalue weighted by Gasteiger charge is -2.29. The molecule has 17 heavy (non-hydrogen) atoms. The summed E-state index contributed by atoms with van der Waals surface area (Å²) in [6.07, 6.45) is 2.74. The molecule has 1 saturated heterocycles. The molecule has 0 aromatic rings. The molecule has 0 bridgehead atoms. The van der Waals surface area contributed by atoms with Crippen LogP contribution in [0, 0.1) is 5.92 Å². The second kappa shape index (κ2) is 7.27. The fraction of sp³-hybridized carbons (Fsp3) is 0.833. The molecule has 1 amide bonds. The fourth-order valence-corrected chi connectivity index (χ4v) is 2.10. The van der Waals surface area contributed by atoms with Gasteiger partial charge in [0, 0.05) is 19.5 Å². The second-order valence-corrected chi connectivity index (χ2v) is 4.65. The van der Waals surface area contributed by atoms with E-state index in [9.17, 15) is 9.59 Å². The lowest BCUT2D eigenvalue weighted by Crippen LogP contribution is -2.39. The highest BCUT2D eigenvalue weighted by atomic mass is 16.5. The molecule has 0 aromatic carbocycles. The van der Waals surface area contributed by atoms with E-state index in [2.05, 4.69) is 22.0 Å². The molecule has 0 aromatic heterocycles. The third kappa shape index (κ3) is 5.68. The lowest BCUT2D eigenvalue weighted by atomic mass is 9.98. The van der Waals surface area contributed by atoms with Crippen molar-refractivity contribution in [1.82, 2.24) is 10.2 Å². The molecule has 1 heterocycles. The van der Waals surface area contributed by atoms with Crippen molar-refractivity contribution in [2.45, 2.75) is 25.7 Å². The summed E-state index contributed by atoms with van der Waals surface area (Å²) < 4.78 is 4.48. The number of hydrogen-bond donors (Lipinski definition) is 1. The first-order valence-corrected chi connectivity index (χ1v) is 6.14. The Morgan fingerprint density at radius 2 is 2.18 bits per heavy atom. The third-order valence-electron chi connectivity index (χ3n) is 3.09. The highest BCUT2D eigenvalue weighted by Gasteiger charge is 2.17. The van der Waals surface area contributed by atoms with Gasteiger partial charge in [0.05, 0.1) is 13.5 Å². The largest absolute Gasteiger partial charge is 0.469 e. The van der Waals surface area contributed by atoms with Crippen molar-refractivity contribution in [3.05, 3.63) is 0 Å². The first-order valence-electron chi connectivity index (χ1n) is 6.14. The van der Waals surface area contributed by atoms with Crippen molar-refractivity contribution in [2.75, 3.05) is 33.8 Å². The molecule has 1 atom stereocenters. The summed E-state index contributed by atoms with van der Waals surface area (Å²) in [4.78, 5) is 24.6. The Labute approximate surface area is 102 Å². The molecule has 1 N–H and O–H groups in total. The molecule has 98 valence electrons. The van der Waals surface area contributed by atoms with Gasteiger partial charge in [-0.25, -0.2) is 0 Å². The molecular formula is C12H22N2O3. The monoisotopic (exact) mass is 242 g/mol. The SMILES string of the molecule is COC(=O)CCC(=O)NCC1CCCN(C)C1. The number of methoxy groups -OCH3 is 1. The van der Waals surface area contributed by atoms with Crippen LogP contribution in [-0.4, -0.2) is 50.6 Å². The van der Waals surface area contributed by atoms with E-state index < -0.39 is 0 Å². The van der Waals surface area contributed by atoms with Gasteiger partial charge in [-0.1, -0.05) is 0 Å². The predicted octanol–water partition coefficient (Wildman–Crippen LogP) is 0.398. The van der Waals surface area contributed by atoms with E-state index in [1.165, 1.54) is 20.0 Å². The quantitative estimate of drug-likeness (QED) is 0.709. The number of carbonyl (C=O) groups is 2. The first-order chi connectivity index (χ1) is 8.11. The van der Waals surface area contributed by atoms with Crippen LogP contribution in [0.1, 0.15) is 25.7 Å². The van der Waals surface area contributed by atoms with Crippen LogP contribution in [0.3, 0.4) is 0 Å². The molecule has 0 aliphatic carbocycles. The number of hydrogen-bond acceptors (Lipinski definition) is 4. The molecule has 5 nitrogen and oxygen atoms in total. The van der Waals surface area contributed by atoms with Gasteiger partial charge in [0.2, 0.25) is 5.91 Å². The summed E-state index contributed by atoms with van der Waals surface area (Å²) >= 11 is 0.